The summed E-state index contributed by atoms with van der Waals surface area (Å²) in [5.74, 6) is 1.80. The van der Waals surface area contributed by atoms with Gasteiger partial charge in [0, 0.05) is 0 Å². The van der Waals surface area contributed by atoms with Gasteiger partial charge in [0.15, 0.2) is 0 Å². The third-order valence-corrected chi connectivity index (χ3v) is 6.69. The zero-order valence-corrected chi connectivity index (χ0v) is 20.2. The van der Waals surface area contributed by atoms with Gasteiger partial charge in [-0.15, -0.1) is 0 Å². The fraction of sp³-hybridized carbons (Fsp3) is 0.586. The summed E-state index contributed by atoms with van der Waals surface area (Å²) in [4.78, 5) is 0. The molecule has 162 valence electrons. The lowest BCUT2D eigenvalue weighted by atomic mass is 9.90. The van der Waals surface area contributed by atoms with Crippen LogP contribution in [0.15, 0.2) is 70.9 Å². The zero-order valence-electron chi connectivity index (χ0n) is 20.2. The van der Waals surface area contributed by atoms with Crippen LogP contribution in [0.1, 0.15) is 99.3 Å². The molecule has 0 amide bonds. The van der Waals surface area contributed by atoms with Crippen molar-refractivity contribution in [1.29, 1.82) is 0 Å². The van der Waals surface area contributed by atoms with Gasteiger partial charge >= 0.3 is 0 Å². The molecule has 0 heteroatoms. The van der Waals surface area contributed by atoms with E-state index in [1.54, 1.807) is 0 Å². The number of allylic oxidation sites excluding steroid dienone is 11. The fourth-order valence-corrected chi connectivity index (χ4v) is 4.19. The average Bonchev–Trinajstić information content (AvgIpc) is 2.95. The van der Waals surface area contributed by atoms with Crippen LogP contribution in [-0.2, 0) is 0 Å². The molecule has 0 heterocycles. The van der Waals surface area contributed by atoms with E-state index in [-0.39, 0.29) is 0 Å². The van der Waals surface area contributed by atoms with Gasteiger partial charge < -0.3 is 0 Å². The SMILES string of the molecule is C=CC(=CC=C(C)CCC1CCCC(CC(C)=CC=C(C)C(C)=CC)CC1)CC. The first kappa shape index (κ1) is 25.5. The topological polar surface area (TPSA) is 0 Å². The van der Waals surface area contributed by atoms with Crippen LogP contribution in [0.5, 0.6) is 0 Å². The van der Waals surface area contributed by atoms with E-state index in [1.807, 2.05) is 6.08 Å². The second-order valence-electron chi connectivity index (χ2n) is 9.13. The van der Waals surface area contributed by atoms with Gasteiger partial charge in [-0.05, 0) is 89.7 Å². The Morgan fingerprint density at radius 3 is 2.14 bits per heavy atom. The van der Waals surface area contributed by atoms with Crippen molar-refractivity contribution >= 4 is 0 Å². The Balaban J connectivity index is 2.49. The minimum atomic E-state index is 0.882. The quantitative estimate of drug-likeness (QED) is 0.255. The summed E-state index contributed by atoms with van der Waals surface area (Å²) < 4.78 is 0. The summed E-state index contributed by atoms with van der Waals surface area (Å²) in [6.45, 7) is 17.2. The van der Waals surface area contributed by atoms with Gasteiger partial charge in [0.25, 0.3) is 0 Å². The van der Waals surface area contributed by atoms with E-state index in [1.165, 1.54) is 79.2 Å². The molecule has 1 fully saturated rings. The van der Waals surface area contributed by atoms with Gasteiger partial charge in [0.1, 0.15) is 0 Å². The predicted octanol–water partition coefficient (Wildman–Crippen LogP) is 9.68. The molecule has 0 aromatic rings. The normalized spacial score (nSPS) is 23.2. The highest BCUT2D eigenvalue weighted by Gasteiger charge is 2.19. The van der Waals surface area contributed by atoms with Crippen molar-refractivity contribution in [1.82, 2.24) is 0 Å². The third kappa shape index (κ3) is 10.7. The Bertz CT molecular complexity index is 648. The second-order valence-corrected chi connectivity index (χ2v) is 9.13. The van der Waals surface area contributed by atoms with Gasteiger partial charge in [-0.25, -0.2) is 0 Å². The van der Waals surface area contributed by atoms with Crippen molar-refractivity contribution < 1.29 is 0 Å². The summed E-state index contributed by atoms with van der Waals surface area (Å²) in [6.07, 6.45) is 25.4. The molecule has 0 N–H and O–H groups in total. The predicted molar refractivity (Wildman–Crippen MR) is 133 cm³/mol. The fourth-order valence-electron chi connectivity index (χ4n) is 4.19. The van der Waals surface area contributed by atoms with Crippen molar-refractivity contribution in [3.05, 3.63) is 70.9 Å². The highest BCUT2D eigenvalue weighted by Crippen LogP contribution is 2.33. The molecule has 1 aliphatic carbocycles. The molecule has 1 rings (SSSR count). The first-order chi connectivity index (χ1) is 13.9. The van der Waals surface area contributed by atoms with Crippen LogP contribution in [0.4, 0.5) is 0 Å². The molecule has 0 aliphatic heterocycles. The number of hydrogen-bond acceptors (Lipinski definition) is 0. The van der Waals surface area contributed by atoms with Crippen LogP contribution in [0.2, 0.25) is 0 Å². The largest absolute Gasteiger partial charge is 0.0988 e. The van der Waals surface area contributed by atoms with E-state index >= 15 is 0 Å². The Labute approximate surface area is 182 Å². The van der Waals surface area contributed by atoms with Crippen molar-refractivity contribution in [2.75, 3.05) is 0 Å². The molecule has 29 heavy (non-hydrogen) atoms. The van der Waals surface area contributed by atoms with E-state index in [0.29, 0.717) is 0 Å². The maximum absolute atomic E-state index is 3.89. The van der Waals surface area contributed by atoms with Gasteiger partial charge in [-0.3, -0.25) is 0 Å². The van der Waals surface area contributed by atoms with Crippen molar-refractivity contribution in [2.24, 2.45) is 11.8 Å². The van der Waals surface area contributed by atoms with Crippen LogP contribution in [0.3, 0.4) is 0 Å². The van der Waals surface area contributed by atoms with Crippen LogP contribution < -0.4 is 0 Å². The lowest BCUT2D eigenvalue weighted by Crippen LogP contribution is -2.01. The highest BCUT2D eigenvalue weighted by atomic mass is 14.2. The highest BCUT2D eigenvalue weighted by molar-refractivity contribution is 5.30. The molecule has 0 aromatic carbocycles. The van der Waals surface area contributed by atoms with Crippen LogP contribution in [0.25, 0.3) is 0 Å². The number of hydrogen-bond donors (Lipinski definition) is 0. The Morgan fingerprint density at radius 2 is 1.48 bits per heavy atom. The molecule has 2 unspecified atom stereocenters. The molecule has 0 saturated heterocycles. The molecule has 0 radical (unpaired) electrons. The van der Waals surface area contributed by atoms with Crippen molar-refractivity contribution in [3.8, 4) is 0 Å². The molecule has 0 bridgehead atoms. The molecular weight excluding hydrogens is 348 g/mol. The molecule has 0 aromatic heterocycles. The molecule has 1 saturated carbocycles. The smallest absolute Gasteiger partial charge is 0.0291 e. The maximum atomic E-state index is 3.89. The van der Waals surface area contributed by atoms with Gasteiger partial charge in [-0.2, -0.15) is 0 Å². The number of rotatable bonds is 10. The zero-order chi connectivity index (χ0) is 21.6. The van der Waals surface area contributed by atoms with Gasteiger partial charge in [0.2, 0.25) is 0 Å². The Kier molecular flexibility index (Phi) is 12.7. The second kappa shape index (κ2) is 14.4. The van der Waals surface area contributed by atoms with Crippen LogP contribution in [-0.4, -0.2) is 0 Å². The average molecular weight is 395 g/mol. The monoisotopic (exact) mass is 394 g/mol. The minimum absolute atomic E-state index is 0.882. The summed E-state index contributed by atoms with van der Waals surface area (Å²) in [6, 6.07) is 0. The lowest BCUT2D eigenvalue weighted by molar-refractivity contribution is 0.408. The van der Waals surface area contributed by atoms with E-state index in [2.05, 4.69) is 78.5 Å². The third-order valence-electron chi connectivity index (χ3n) is 6.69. The van der Waals surface area contributed by atoms with E-state index in [9.17, 15) is 0 Å². The molecule has 0 spiro atoms. The van der Waals surface area contributed by atoms with Crippen molar-refractivity contribution in [2.45, 2.75) is 99.3 Å². The standard InChI is InChI=1S/C29H46/c1-8-25(6)26(7)17-14-24(5)22-29-13-11-12-28(20-21-29)19-16-23(4)15-18-27(9-2)10-3/h8-9,14-15,17-18,28-29H,2,10-13,16,19-22H2,1,3-7H3. The van der Waals surface area contributed by atoms with E-state index in [4.69, 9.17) is 0 Å². The molecule has 2 atom stereocenters. The van der Waals surface area contributed by atoms with E-state index in [0.717, 1.165) is 18.3 Å². The van der Waals surface area contributed by atoms with Gasteiger partial charge in [-0.1, -0.05) is 92.4 Å². The van der Waals surface area contributed by atoms with E-state index < -0.39 is 0 Å². The molecule has 1 aliphatic rings. The lowest BCUT2D eigenvalue weighted by Gasteiger charge is -2.16. The van der Waals surface area contributed by atoms with Crippen LogP contribution >= 0.6 is 0 Å². The van der Waals surface area contributed by atoms with Crippen LogP contribution in [0, 0.1) is 11.8 Å². The summed E-state index contributed by atoms with van der Waals surface area (Å²) >= 11 is 0. The minimum Gasteiger partial charge on any atom is -0.0988 e. The Morgan fingerprint density at radius 1 is 0.828 bits per heavy atom. The maximum Gasteiger partial charge on any atom is -0.0291 e. The molecular formula is C29H46. The first-order valence-corrected chi connectivity index (χ1v) is 11.9. The molecule has 0 nitrogen and oxygen atoms in total. The Hall–Kier alpha value is -1.56. The summed E-state index contributed by atoms with van der Waals surface area (Å²) in [5, 5.41) is 0. The van der Waals surface area contributed by atoms with Gasteiger partial charge in [0.05, 0.1) is 0 Å². The summed E-state index contributed by atoms with van der Waals surface area (Å²) in [7, 11) is 0. The summed E-state index contributed by atoms with van der Waals surface area (Å²) in [5.41, 5.74) is 7.13. The first-order valence-electron chi connectivity index (χ1n) is 11.9. The van der Waals surface area contributed by atoms with Crippen molar-refractivity contribution in [3.63, 3.8) is 0 Å².